The van der Waals surface area contributed by atoms with Gasteiger partial charge in [-0.1, -0.05) is 6.92 Å². The lowest BCUT2D eigenvalue weighted by molar-refractivity contribution is 0.628. The first kappa shape index (κ1) is 10.6. The number of aryl methyl sites for hydroxylation is 1. The van der Waals surface area contributed by atoms with Crippen LogP contribution in [0.1, 0.15) is 19.2 Å². The van der Waals surface area contributed by atoms with E-state index in [2.05, 4.69) is 22.1 Å². The van der Waals surface area contributed by atoms with Crippen LogP contribution >= 0.6 is 0 Å². The predicted octanol–water partition coefficient (Wildman–Crippen LogP) is 2.15. The maximum Gasteiger partial charge on any atom is 0.183 e. The van der Waals surface area contributed by atoms with E-state index in [-0.39, 0.29) is 5.82 Å². The molecule has 0 aliphatic carbocycles. The molecule has 16 heavy (non-hydrogen) atoms. The Balaban J connectivity index is 2.35. The largest absolute Gasteiger partial charge is 0.398 e. The molecule has 2 aromatic rings. The fourth-order valence-electron chi connectivity index (χ4n) is 1.50. The molecule has 0 aliphatic heterocycles. The summed E-state index contributed by atoms with van der Waals surface area (Å²) in [6.45, 7) is 2.06. The van der Waals surface area contributed by atoms with Crippen molar-refractivity contribution in [3.8, 4) is 11.4 Å². The molecule has 0 atom stereocenters. The second kappa shape index (κ2) is 4.30. The fraction of sp³-hybridized carbons (Fsp3) is 0.273. The summed E-state index contributed by atoms with van der Waals surface area (Å²) in [5.74, 6) is 0.979. The second-order valence-electron chi connectivity index (χ2n) is 3.59. The minimum atomic E-state index is -0.356. The molecule has 1 heterocycles. The summed E-state index contributed by atoms with van der Waals surface area (Å²) in [6, 6.07) is 4.20. The Labute approximate surface area is 92.7 Å². The summed E-state index contributed by atoms with van der Waals surface area (Å²) >= 11 is 0. The normalized spacial score (nSPS) is 10.6. The minimum absolute atomic E-state index is 0.349. The van der Waals surface area contributed by atoms with Gasteiger partial charge in [-0.05, 0) is 24.6 Å². The average molecular weight is 220 g/mol. The Morgan fingerprint density at radius 2 is 2.25 bits per heavy atom. The van der Waals surface area contributed by atoms with Gasteiger partial charge in [0.25, 0.3) is 0 Å². The number of nitrogens with zero attached hydrogens (tertiary/aromatic N) is 2. The van der Waals surface area contributed by atoms with Crippen LogP contribution < -0.4 is 5.73 Å². The van der Waals surface area contributed by atoms with Crippen LogP contribution in [-0.2, 0) is 6.42 Å². The number of hydrogen-bond acceptors (Lipinski definition) is 3. The zero-order valence-electron chi connectivity index (χ0n) is 9.00. The number of aromatic nitrogens is 3. The van der Waals surface area contributed by atoms with E-state index < -0.39 is 0 Å². The summed E-state index contributed by atoms with van der Waals surface area (Å²) in [5, 5.41) is 6.89. The molecule has 0 bridgehead atoms. The van der Waals surface area contributed by atoms with Gasteiger partial charge in [0.15, 0.2) is 5.82 Å². The molecular weight excluding hydrogens is 207 g/mol. The standard InChI is InChI=1S/C11H13FN4/c1-2-3-10-14-11(16-15-10)8-5-4-7(12)6-9(8)13/h4-6H,2-3,13H2,1H3,(H,14,15,16). The van der Waals surface area contributed by atoms with E-state index in [4.69, 9.17) is 5.73 Å². The number of nitrogens with two attached hydrogens (primary N) is 1. The van der Waals surface area contributed by atoms with Gasteiger partial charge in [0.1, 0.15) is 11.6 Å². The molecule has 1 aromatic heterocycles. The molecule has 0 radical (unpaired) electrons. The molecule has 0 unspecified atom stereocenters. The number of anilines is 1. The molecular formula is C11H13FN4. The van der Waals surface area contributed by atoms with Gasteiger partial charge in [0.2, 0.25) is 0 Å². The van der Waals surface area contributed by atoms with E-state index in [9.17, 15) is 4.39 Å². The molecule has 2 rings (SSSR count). The van der Waals surface area contributed by atoms with Crippen LogP contribution in [0, 0.1) is 5.82 Å². The molecule has 0 fully saturated rings. The molecule has 5 heteroatoms. The van der Waals surface area contributed by atoms with Crippen molar-refractivity contribution in [2.24, 2.45) is 0 Å². The fourth-order valence-corrected chi connectivity index (χ4v) is 1.50. The molecule has 0 aliphatic rings. The maximum absolute atomic E-state index is 12.9. The maximum atomic E-state index is 12.9. The first-order valence-electron chi connectivity index (χ1n) is 5.17. The van der Waals surface area contributed by atoms with Crippen LogP contribution in [-0.4, -0.2) is 15.2 Å². The Kier molecular flexibility index (Phi) is 2.85. The van der Waals surface area contributed by atoms with Crippen LogP contribution in [0.5, 0.6) is 0 Å². The van der Waals surface area contributed by atoms with Gasteiger partial charge in [-0.25, -0.2) is 9.37 Å². The van der Waals surface area contributed by atoms with Crippen LogP contribution in [0.25, 0.3) is 11.4 Å². The predicted molar refractivity (Wildman–Crippen MR) is 60.2 cm³/mol. The van der Waals surface area contributed by atoms with E-state index in [1.807, 2.05) is 0 Å². The molecule has 0 saturated heterocycles. The minimum Gasteiger partial charge on any atom is -0.398 e. The highest BCUT2D eigenvalue weighted by Gasteiger charge is 2.09. The molecule has 1 aromatic carbocycles. The van der Waals surface area contributed by atoms with Crippen LogP contribution in [0.2, 0.25) is 0 Å². The number of halogens is 1. The lowest BCUT2D eigenvalue weighted by Gasteiger charge is -2.00. The van der Waals surface area contributed by atoms with Crippen molar-refractivity contribution in [3.05, 3.63) is 29.8 Å². The van der Waals surface area contributed by atoms with Gasteiger partial charge >= 0.3 is 0 Å². The summed E-state index contributed by atoms with van der Waals surface area (Å²) in [6.07, 6.45) is 1.83. The highest BCUT2D eigenvalue weighted by Crippen LogP contribution is 2.23. The van der Waals surface area contributed by atoms with Gasteiger partial charge in [-0.15, -0.1) is 0 Å². The first-order chi connectivity index (χ1) is 7.70. The number of hydrogen-bond donors (Lipinski definition) is 2. The highest BCUT2D eigenvalue weighted by molar-refractivity contribution is 5.71. The van der Waals surface area contributed by atoms with Crippen LogP contribution in [0.15, 0.2) is 18.2 Å². The van der Waals surface area contributed by atoms with Crippen molar-refractivity contribution < 1.29 is 4.39 Å². The molecule has 0 saturated carbocycles. The number of aromatic amines is 1. The molecule has 0 amide bonds. The summed E-state index contributed by atoms with van der Waals surface area (Å²) in [5.41, 5.74) is 6.70. The molecule has 4 nitrogen and oxygen atoms in total. The summed E-state index contributed by atoms with van der Waals surface area (Å²) in [7, 11) is 0. The Bertz CT molecular complexity index is 492. The Hall–Kier alpha value is -1.91. The zero-order chi connectivity index (χ0) is 11.5. The smallest absolute Gasteiger partial charge is 0.183 e. The van der Waals surface area contributed by atoms with Crippen molar-refractivity contribution in [2.45, 2.75) is 19.8 Å². The quantitative estimate of drug-likeness (QED) is 0.779. The summed E-state index contributed by atoms with van der Waals surface area (Å²) in [4.78, 5) is 4.29. The number of benzene rings is 1. The van der Waals surface area contributed by atoms with E-state index in [1.54, 1.807) is 6.07 Å². The number of rotatable bonds is 3. The van der Waals surface area contributed by atoms with E-state index in [1.165, 1.54) is 12.1 Å². The van der Waals surface area contributed by atoms with Gasteiger partial charge in [0.05, 0.1) is 0 Å². The molecule has 3 N–H and O–H groups in total. The zero-order valence-corrected chi connectivity index (χ0v) is 9.00. The van der Waals surface area contributed by atoms with Crippen molar-refractivity contribution in [1.29, 1.82) is 0 Å². The van der Waals surface area contributed by atoms with Crippen LogP contribution in [0.3, 0.4) is 0 Å². The monoisotopic (exact) mass is 220 g/mol. The molecule has 0 spiro atoms. The summed E-state index contributed by atoms with van der Waals surface area (Å²) < 4.78 is 12.9. The van der Waals surface area contributed by atoms with Crippen LogP contribution in [0.4, 0.5) is 10.1 Å². The van der Waals surface area contributed by atoms with Gasteiger partial charge in [-0.2, -0.15) is 5.10 Å². The Morgan fingerprint density at radius 3 is 2.94 bits per heavy atom. The van der Waals surface area contributed by atoms with Crippen molar-refractivity contribution in [1.82, 2.24) is 15.2 Å². The third-order valence-corrected chi connectivity index (χ3v) is 2.27. The van der Waals surface area contributed by atoms with Gasteiger partial charge < -0.3 is 5.73 Å². The van der Waals surface area contributed by atoms with E-state index in [0.717, 1.165) is 18.7 Å². The third kappa shape index (κ3) is 2.03. The lowest BCUT2D eigenvalue weighted by atomic mass is 10.1. The first-order valence-corrected chi connectivity index (χ1v) is 5.17. The van der Waals surface area contributed by atoms with Gasteiger partial charge in [-0.3, -0.25) is 5.10 Å². The number of nitrogens with one attached hydrogen (secondary N) is 1. The average Bonchev–Trinajstić information content (AvgIpc) is 2.67. The van der Waals surface area contributed by atoms with Crippen molar-refractivity contribution in [3.63, 3.8) is 0 Å². The second-order valence-corrected chi connectivity index (χ2v) is 3.59. The van der Waals surface area contributed by atoms with Gasteiger partial charge in [0, 0.05) is 17.7 Å². The topological polar surface area (TPSA) is 67.6 Å². The SMILES string of the molecule is CCCc1nc(-c2ccc(F)cc2N)n[nH]1. The third-order valence-electron chi connectivity index (χ3n) is 2.27. The Morgan fingerprint density at radius 1 is 1.44 bits per heavy atom. The molecule has 84 valence electrons. The number of H-pyrrole nitrogens is 1. The lowest BCUT2D eigenvalue weighted by Crippen LogP contribution is -1.92. The highest BCUT2D eigenvalue weighted by atomic mass is 19.1. The van der Waals surface area contributed by atoms with Crippen molar-refractivity contribution in [2.75, 3.05) is 5.73 Å². The van der Waals surface area contributed by atoms with Crippen molar-refractivity contribution >= 4 is 5.69 Å². The van der Waals surface area contributed by atoms with E-state index >= 15 is 0 Å². The van der Waals surface area contributed by atoms with E-state index in [0.29, 0.717) is 17.1 Å². The number of nitrogen functional groups attached to an aromatic ring is 1.